The normalized spacial score (nSPS) is 21.0. The zero-order valence-electron chi connectivity index (χ0n) is 15.8. The van der Waals surface area contributed by atoms with Gasteiger partial charge in [-0.3, -0.25) is 14.5 Å². The smallest absolute Gasteiger partial charge is 0.239 e. The molecule has 26 heavy (non-hydrogen) atoms. The van der Waals surface area contributed by atoms with Gasteiger partial charge >= 0.3 is 0 Å². The summed E-state index contributed by atoms with van der Waals surface area (Å²) in [5.74, 6) is 0.397. The third-order valence-corrected chi connectivity index (χ3v) is 5.76. The molecule has 2 saturated heterocycles. The molecule has 5 nitrogen and oxygen atoms in total. The van der Waals surface area contributed by atoms with Crippen LogP contribution in [0.5, 0.6) is 0 Å². The van der Waals surface area contributed by atoms with Gasteiger partial charge in [0.15, 0.2) is 0 Å². The lowest BCUT2D eigenvalue weighted by Crippen LogP contribution is -2.50. The van der Waals surface area contributed by atoms with Crippen LogP contribution in [-0.4, -0.2) is 53.8 Å². The van der Waals surface area contributed by atoms with Crippen molar-refractivity contribution in [3.8, 4) is 0 Å². The number of nitrogens with one attached hydrogen (secondary N) is 1. The highest BCUT2D eigenvalue weighted by molar-refractivity contribution is 5.92. The maximum absolute atomic E-state index is 12.8. The third kappa shape index (κ3) is 4.85. The van der Waals surface area contributed by atoms with Crippen molar-refractivity contribution < 1.29 is 9.59 Å². The van der Waals surface area contributed by atoms with Crippen molar-refractivity contribution in [2.24, 2.45) is 5.92 Å². The maximum Gasteiger partial charge on any atom is 0.239 e. The van der Waals surface area contributed by atoms with Crippen LogP contribution in [0, 0.1) is 5.92 Å². The van der Waals surface area contributed by atoms with Gasteiger partial charge in [0, 0.05) is 24.7 Å². The van der Waals surface area contributed by atoms with Crippen LogP contribution in [0.1, 0.15) is 45.4 Å². The van der Waals surface area contributed by atoms with Crippen LogP contribution in [0.4, 0.5) is 5.69 Å². The molecule has 0 radical (unpaired) electrons. The molecule has 2 fully saturated rings. The first kappa shape index (κ1) is 18.9. The first-order valence-corrected chi connectivity index (χ1v) is 10.0. The highest BCUT2D eigenvalue weighted by Gasteiger charge is 2.31. The molecule has 0 unspecified atom stereocenters. The molecule has 3 rings (SSSR count). The van der Waals surface area contributed by atoms with Crippen molar-refractivity contribution in [3.05, 3.63) is 30.3 Å². The Hall–Kier alpha value is -1.88. The summed E-state index contributed by atoms with van der Waals surface area (Å²) in [7, 11) is 0. The molecule has 2 amide bonds. The molecule has 1 N–H and O–H groups in total. The zero-order chi connectivity index (χ0) is 18.4. The second-order valence-corrected chi connectivity index (χ2v) is 7.58. The van der Waals surface area contributed by atoms with E-state index in [2.05, 4.69) is 10.2 Å². The van der Waals surface area contributed by atoms with Crippen LogP contribution < -0.4 is 5.32 Å². The van der Waals surface area contributed by atoms with Crippen molar-refractivity contribution in [2.45, 2.75) is 51.5 Å². The largest absolute Gasteiger partial charge is 0.341 e. The van der Waals surface area contributed by atoms with Crippen LogP contribution in [0.3, 0.4) is 0 Å². The number of anilines is 1. The van der Waals surface area contributed by atoms with Gasteiger partial charge in [0.25, 0.3) is 0 Å². The van der Waals surface area contributed by atoms with Gasteiger partial charge in [-0.15, -0.1) is 0 Å². The highest BCUT2D eigenvalue weighted by Crippen LogP contribution is 2.22. The molecule has 0 bridgehead atoms. The Morgan fingerprint density at radius 3 is 2.19 bits per heavy atom. The van der Waals surface area contributed by atoms with E-state index in [1.165, 1.54) is 12.8 Å². The van der Waals surface area contributed by atoms with E-state index in [0.29, 0.717) is 0 Å². The first-order chi connectivity index (χ1) is 12.6. The standard InChI is InChI=1S/C21H31N3O2/c1-17(21(26)24-13-7-2-3-8-14-24)23-15-11-18(12-16-23)20(25)22-19-9-5-4-6-10-19/h4-6,9-10,17-18H,2-3,7-8,11-16H2,1H3,(H,22,25)/t17-/m1/s1. The quantitative estimate of drug-likeness (QED) is 0.901. The summed E-state index contributed by atoms with van der Waals surface area (Å²) in [6, 6.07) is 9.54. The fourth-order valence-corrected chi connectivity index (χ4v) is 4.03. The lowest BCUT2D eigenvalue weighted by Gasteiger charge is -2.36. The molecule has 0 aliphatic carbocycles. The number of hydrogen-bond donors (Lipinski definition) is 1. The Balaban J connectivity index is 1.48. The number of likely N-dealkylation sites (tertiary alicyclic amines) is 2. The van der Waals surface area contributed by atoms with Gasteiger partial charge in [-0.2, -0.15) is 0 Å². The van der Waals surface area contributed by atoms with Gasteiger partial charge in [0.05, 0.1) is 6.04 Å². The van der Waals surface area contributed by atoms with E-state index in [9.17, 15) is 9.59 Å². The maximum atomic E-state index is 12.8. The third-order valence-electron chi connectivity index (χ3n) is 5.76. The molecule has 2 aliphatic heterocycles. The molecule has 2 heterocycles. The number of benzene rings is 1. The van der Waals surface area contributed by atoms with E-state index in [4.69, 9.17) is 0 Å². The molecule has 1 aromatic rings. The molecule has 5 heteroatoms. The van der Waals surface area contributed by atoms with E-state index < -0.39 is 0 Å². The van der Waals surface area contributed by atoms with Gasteiger partial charge in [-0.05, 0) is 57.8 Å². The Kier molecular flexibility index (Phi) is 6.67. The average Bonchev–Trinajstić information content (AvgIpc) is 2.97. The van der Waals surface area contributed by atoms with Gasteiger partial charge in [0.2, 0.25) is 11.8 Å². The number of amides is 2. The molecule has 2 aliphatic rings. The van der Waals surface area contributed by atoms with Gasteiger partial charge in [-0.1, -0.05) is 31.0 Å². The molecule has 1 atom stereocenters. The monoisotopic (exact) mass is 357 g/mol. The van der Waals surface area contributed by atoms with Crippen molar-refractivity contribution in [1.29, 1.82) is 0 Å². The molecular formula is C21H31N3O2. The average molecular weight is 357 g/mol. The van der Waals surface area contributed by atoms with Gasteiger partial charge in [-0.25, -0.2) is 0 Å². The number of nitrogens with zero attached hydrogens (tertiary/aromatic N) is 2. The molecule has 0 spiro atoms. The lowest BCUT2D eigenvalue weighted by molar-refractivity contribution is -0.137. The summed E-state index contributed by atoms with van der Waals surface area (Å²) >= 11 is 0. The molecule has 142 valence electrons. The van der Waals surface area contributed by atoms with Gasteiger partial charge in [0.1, 0.15) is 0 Å². The van der Waals surface area contributed by atoms with E-state index >= 15 is 0 Å². The number of carbonyl (C=O) groups is 2. The summed E-state index contributed by atoms with van der Waals surface area (Å²) < 4.78 is 0. The SMILES string of the molecule is C[C@H](C(=O)N1CCCCCC1)N1CCC(C(=O)Nc2ccccc2)CC1. The Labute approximate surface area is 156 Å². The molecule has 0 saturated carbocycles. The summed E-state index contributed by atoms with van der Waals surface area (Å²) in [4.78, 5) is 29.6. The predicted molar refractivity (Wildman–Crippen MR) is 104 cm³/mol. The molecular weight excluding hydrogens is 326 g/mol. The van der Waals surface area contributed by atoms with Crippen LogP contribution in [-0.2, 0) is 9.59 Å². The minimum absolute atomic E-state index is 0.0342. The fourth-order valence-electron chi connectivity index (χ4n) is 4.03. The van der Waals surface area contributed by atoms with Crippen molar-refractivity contribution in [3.63, 3.8) is 0 Å². The number of hydrogen-bond acceptors (Lipinski definition) is 3. The van der Waals surface area contributed by atoms with E-state index in [1.54, 1.807) is 0 Å². The first-order valence-electron chi connectivity index (χ1n) is 10.0. The predicted octanol–water partition coefficient (Wildman–Crippen LogP) is 3.13. The number of carbonyl (C=O) groups excluding carboxylic acids is 2. The summed E-state index contributed by atoms with van der Waals surface area (Å²) in [5.41, 5.74) is 0.852. The zero-order valence-corrected chi connectivity index (χ0v) is 15.8. The van der Waals surface area contributed by atoms with Crippen LogP contribution in [0.2, 0.25) is 0 Å². The molecule has 0 aromatic heterocycles. The molecule has 1 aromatic carbocycles. The van der Waals surface area contributed by atoms with Crippen LogP contribution in [0.15, 0.2) is 30.3 Å². The Morgan fingerprint density at radius 1 is 0.962 bits per heavy atom. The summed E-state index contributed by atoms with van der Waals surface area (Å²) in [5, 5.41) is 3.00. The second kappa shape index (κ2) is 9.17. The summed E-state index contributed by atoms with van der Waals surface area (Å²) in [6.45, 7) is 5.46. The Morgan fingerprint density at radius 2 is 1.58 bits per heavy atom. The van der Waals surface area contributed by atoms with E-state index in [-0.39, 0.29) is 23.8 Å². The van der Waals surface area contributed by atoms with Crippen LogP contribution >= 0.6 is 0 Å². The minimum atomic E-state index is -0.0776. The minimum Gasteiger partial charge on any atom is -0.341 e. The lowest BCUT2D eigenvalue weighted by atomic mass is 9.94. The Bertz CT molecular complexity index is 589. The number of rotatable bonds is 4. The fraction of sp³-hybridized carbons (Fsp3) is 0.619. The number of para-hydroxylation sites is 1. The van der Waals surface area contributed by atoms with Crippen molar-refractivity contribution in [2.75, 3.05) is 31.5 Å². The van der Waals surface area contributed by atoms with Crippen molar-refractivity contribution in [1.82, 2.24) is 9.80 Å². The van der Waals surface area contributed by atoms with Gasteiger partial charge < -0.3 is 10.2 Å². The second-order valence-electron chi connectivity index (χ2n) is 7.58. The van der Waals surface area contributed by atoms with E-state index in [0.717, 1.165) is 57.5 Å². The van der Waals surface area contributed by atoms with E-state index in [1.807, 2.05) is 42.2 Å². The topological polar surface area (TPSA) is 52.7 Å². The van der Waals surface area contributed by atoms with Crippen molar-refractivity contribution >= 4 is 17.5 Å². The number of piperidine rings is 1. The summed E-state index contributed by atoms with van der Waals surface area (Å²) in [6.07, 6.45) is 6.35. The van der Waals surface area contributed by atoms with Crippen LogP contribution in [0.25, 0.3) is 0 Å². The highest BCUT2D eigenvalue weighted by atomic mass is 16.2.